The molecule has 9 nitrogen and oxygen atoms in total. The molecule has 1 aliphatic heterocycles. The fourth-order valence-electron chi connectivity index (χ4n) is 2.87. The molecule has 164 valence electrons. The number of carbonyl (C=O) groups is 2. The van der Waals surface area contributed by atoms with Gasteiger partial charge < -0.3 is 15.5 Å². The molecule has 0 saturated carbocycles. The molecule has 0 bridgehead atoms. The number of nitrogens with one attached hydrogen (secondary N) is 1. The summed E-state index contributed by atoms with van der Waals surface area (Å²) in [6.45, 7) is 0. The van der Waals surface area contributed by atoms with Crippen LogP contribution < -0.4 is 5.32 Å². The van der Waals surface area contributed by atoms with Gasteiger partial charge in [0.05, 0.1) is 22.6 Å². The largest absolute Gasteiger partial charge is 0.478 e. The van der Waals surface area contributed by atoms with Gasteiger partial charge in [-0.2, -0.15) is 13.2 Å². The number of hydrogen-bond donors (Lipinski definition) is 3. The molecular formula is C16H14F3NO8S2. The van der Waals surface area contributed by atoms with E-state index >= 15 is 0 Å². The van der Waals surface area contributed by atoms with Crippen molar-refractivity contribution in [3.8, 4) is 0 Å². The lowest BCUT2D eigenvalue weighted by Gasteiger charge is -2.29. The highest BCUT2D eigenvalue weighted by Crippen LogP contribution is 2.41. The highest BCUT2D eigenvalue weighted by molar-refractivity contribution is 7.95. The van der Waals surface area contributed by atoms with Gasteiger partial charge in [0.1, 0.15) is 10.1 Å². The number of halogens is 3. The third-order valence-corrected chi connectivity index (χ3v) is 6.19. The molecule has 0 aliphatic carbocycles. The third kappa shape index (κ3) is 4.48. The van der Waals surface area contributed by atoms with Crippen molar-refractivity contribution in [1.29, 1.82) is 0 Å². The monoisotopic (exact) mass is 469 g/mol. The maximum Gasteiger partial charge on any atom is 0.416 e. The lowest BCUT2D eigenvalue weighted by Crippen LogP contribution is -2.37. The topological polar surface area (TPSA) is 155 Å². The summed E-state index contributed by atoms with van der Waals surface area (Å²) in [7, 11) is -8.84. The number of rotatable bonds is 5. The smallest absolute Gasteiger partial charge is 0.416 e. The zero-order valence-electron chi connectivity index (χ0n) is 15.2. The molecular weight excluding hydrogens is 455 g/mol. The SMILES string of the molecule is CS(=O)(=O)C1=C(C(=O)O)C(c2ccc(C(F)(F)F)cc2)C(C(=O)O)=C(S(C)(=O)=O)N1. The molecule has 3 N–H and O–H groups in total. The van der Waals surface area contributed by atoms with Gasteiger partial charge in [-0.15, -0.1) is 0 Å². The van der Waals surface area contributed by atoms with E-state index in [1.54, 1.807) is 0 Å². The average molecular weight is 469 g/mol. The van der Waals surface area contributed by atoms with Gasteiger partial charge in [-0.3, -0.25) is 0 Å². The van der Waals surface area contributed by atoms with E-state index in [2.05, 4.69) is 0 Å². The second-order valence-electron chi connectivity index (χ2n) is 6.32. The minimum absolute atomic E-state index is 0.360. The van der Waals surface area contributed by atoms with Crippen LogP contribution in [-0.4, -0.2) is 51.5 Å². The highest BCUT2D eigenvalue weighted by atomic mass is 32.2. The van der Waals surface area contributed by atoms with E-state index in [4.69, 9.17) is 0 Å². The number of alkyl halides is 3. The van der Waals surface area contributed by atoms with E-state index in [1.807, 2.05) is 5.32 Å². The van der Waals surface area contributed by atoms with E-state index in [0.717, 1.165) is 12.1 Å². The number of carboxylic acid groups (broad SMARTS) is 2. The van der Waals surface area contributed by atoms with Gasteiger partial charge in [-0.1, -0.05) is 12.1 Å². The van der Waals surface area contributed by atoms with E-state index in [-0.39, 0.29) is 5.56 Å². The number of dihydropyridines is 1. The molecule has 0 aromatic heterocycles. The summed E-state index contributed by atoms with van der Waals surface area (Å²) in [5, 5.41) is 18.9. The summed E-state index contributed by atoms with van der Waals surface area (Å²) in [6.07, 6.45) is -3.62. The first-order valence-corrected chi connectivity index (χ1v) is 11.5. The summed E-state index contributed by atoms with van der Waals surface area (Å²) < 4.78 is 87.0. The number of sulfone groups is 2. The van der Waals surface area contributed by atoms with Gasteiger partial charge in [-0.25, -0.2) is 26.4 Å². The summed E-state index contributed by atoms with van der Waals surface area (Å²) in [4.78, 5) is 23.7. The number of carboxylic acids is 2. The average Bonchev–Trinajstić information content (AvgIpc) is 2.57. The Bertz CT molecular complexity index is 1130. The predicted octanol–water partition coefficient (Wildman–Crippen LogP) is 1.07. The molecule has 1 heterocycles. The molecule has 0 fully saturated rings. The summed E-state index contributed by atoms with van der Waals surface area (Å²) in [5.74, 6) is -5.80. The fourth-order valence-corrected chi connectivity index (χ4v) is 4.72. The van der Waals surface area contributed by atoms with E-state index in [1.165, 1.54) is 0 Å². The molecule has 1 aromatic carbocycles. The van der Waals surface area contributed by atoms with Crippen LogP contribution in [0.1, 0.15) is 17.0 Å². The zero-order chi connectivity index (χ0) is 23.2. The first kappa shape index (κ1) is 23.4. The Morgan fingerprint density at radius 3 is 1.50 bits per heavy atom. The van der Waals surface area contributed by atoms with Gasteiger partial charge in [0.2, 0.25) is 0 Å². The van der Waals surface area contributed by atoms with E-state index in [9.17, 15) is 49.8 Å². The lowest BCUT2D eigenvalue weighted by atomic mass is 9.83. The van der Waals surface area contributed by atoms with Crippen LogP contribution in [0, 0.1) is 0 Å². The van der Waals surface area contributed by atoms with Crippen LogP contribution in [0.2, 0.25) is 0 Å². The first-order valence-electron chi connectivity index (χ1n) is 7.75. The van der Waals surface area contributed by atoms with Crippen molar-refractivity contribution in [2.75, 3.05) is 12.5 Å². The molecule has 0 amide bonds. The second-order valence-corrected chi connectivity index (χ2v) is 10.2. The molecule has 0 atom stereocenters. The second kappa shape index (κ2) is 7.43. The van der Waals surface area contributed by atoms with Gasteiger partial charge >= 0.3 is 18.1 Å². The Labute approximate surface area is 168 Å². The van der Waals surface area contributed by atoms with Gasteiger partial charge in [0, 0.05) is 12.5 Å². The summed E-state index contributed by atoms with van der Waals surface area (Å²) in [6, 6.07) is 2.59. The zero-order valence-corrected chi connectivity index (χ0v) is 16.8. The summed E-state index contributed by atoms with van der Waals surface area (Å²) >= 11 is 0. The maximum absolute atomic E-state index is 12.8. The molecule has 0 radical (unpaired) electrons. The van der Waals surface area contributed by atoms with Crippen molar-refractivity contribution < 1.29 is 49.8 Å². The van der Waals surface area contributed by atoms with Crippen molar-refractivity contribution in [2.45, 2.75) is 12.1 Å². The summed E-state index contributed by atoms with van der Waals surface area (Å²) in [5.41, 5.74) is -3.57. The Morgan fingerprint density at radius 2 is 1.23 bits per heavy atom. The van der Waals surface area contributed by atoms with Gasteiger partial charge in [-0.05, 0) is 17.7 Å². The molecule has 14 heteroatoms. The number of benzene rings is 1. The van der Waals surface area contributed by atoms with Crippen LogP contribution in [0.3, 0.4) is 0 Å². The number of aliphatic carboxylic acids is 2. The molecule has 0 unspecified atom stereocenters. The highest BCUT2D eigenvalue weighted by Gasteiger charge is 2.44. The Kier molecular flexibility index (Phi) is 5.80. The Balaban J connectivity index is 2.96. The van der Waals surface area contributed by atoms with Crippen molar-refractivity contribution in [2.24, 2.45) is 0 Å². The van der Waals surface area contributed by atoms with Crippen molar-refractivity contribution in [3.05, 3.63) is 56.6 Å². The van der Waals surface area contributed by atoms with Crippen LogP contribution in [0.15, 0.2) is 45.5 Å². The molecule has 1 aromatic rings. The molecule has 0 saturated heterocycles. The normalized spacial score (nSPS) is 16.4. The van der Waals surface area contributed by atoms with Crippen LogP contribution >= 0.6 is 0 Å². The quantitative estimate of drug-likeness (QED) is 0.574. The van der Waals surface area contributed by atoms with Crippen LogP contribution in [-0.2, 0) is 35.4 Å². The van der Waals surface area contributed by atoms with Crippen LogP contribution in [0.25, 0.3) is 0 Å². The van der Waals surface area contributed by atoms with Crippen LogP contribution in [0.5, 0.6) is 0 Å². The maximum atomic E-state index is 12.8. The van der Waals surface area contributed by atoms with Crippen molar-refractivity contribution in [3.63, 3.8) is 0 Å². The molecule has 2 rings (SSSR count). The first-order chi connectivity index (χ1) is 13.5. The standard InChI is InChI=1S/C16H14F3NO8S2/c1-29(25,26)12-10(14(21)22)9(7-3-5-8(6-4-7)16(17,18)19)11(15(23)24)13(20-12)30(2,27)28/h3-6,9,20H,1-2H3,(H,21,22)(H,23,24). The fraction of sp³-hybridized carbons (Fsp3) is 0.250. The molecule has 30 heavy (non-hydrogen) atoms. The minimum atomic E-state index is -4.75. The van der Waals surface area contributed by atoms with Crippen molar-refractivity contribution in [1.82, 2.24) is 5.32 Å². The van der Waals surface area contributed by atoms with Gasteiger partial charge in [0.15, 0.2) is 19.7 Å². The minimum Gasteiger partial charge on any atom is -0.478 e. The van der Waals surface area contributed by atoms with Gasteiger partial charge in [0.25, 0.3) is 0 Å². The van der Waals surface area contributed by atoms with Crippen LogP contribution in [0.4, 0.5) is 13.2 Å². The van der Waals surface area contributed by atoms with E-state index < -0.39 is 70.5 Å². The lowest BCUT2D eigenvalue weighted by molar-refractivity contribution is -0.138. The van der Waals surface area contributed by atoms with Crippen molar-refractivity contribution >= 4 is 31.6 Å². The predicted molar refractivity (Wildman–Crippen MR) is 96.3 cm³/mol. The number of hydrogen-bond acceptors (Lipinski definition) is 7. The third-order valence-electron chi connectivity index (χ3n) is 4.07. The molecule has 1 aliphatic rings. The molecule has 0 spiro atoms. The Hall–Kier alpha value is -2.87. The van der Waals surface area contributed by atoms with E-state index in [0.29, 0.717) is 24.6 Å². The Morgan fingerprint density at radius 1 is 0.867 bits per heavy atom.